The Morgan fingerprint density at radius 3 is 2.68 bits per heavy atom. The third kappa shape index (κ3) is 2.97. The van der Waals surface area contributed by atoms with E-state index in [4.69, 9.17) is 0 Å². The lowest BCUT2D eigenvalue weighted by atomic mass is 9.92. The van der Waals surface area contributed by atoms with Crippen molar-refractivity contribution < 1.29 is 5.11 Å². The number of likely N-dealkylation sites (N-methyl/N-ethyl adjacent to an activating group) is 1. The highest BCUT2D eigenvalue weighted by Crippen LogP contribution is 2.35. The number of nitrogens with zero attached hydrogens (tertiary/aromatic N) is 4. The number of rotatable bonds is 3. The number of likely N-dealkylation sites (tertiary alicyclic amines) is 1. The molecule has 2 saturated heterocycles. The number of hydrogen-bond donors (Lipinski definition) is 1. The van der Waals surface area contributed by atoms with Gasteiger partial charge in [0.1, 0.15) is 5.75 Å². The summed E-state index contributed by atoms with van der Waals surface area (Å²) >= 11 is 0. The van der Waals surface area contributed by atoms with Crippen LogP contribution < -0.4 is 4.90 Å². The maximum Gasteiger partial charge on any atom is 0.151 e. The number of anilines is 1. The molecule has 4 rings (SSSR count). The molecular formula is C20H26N4O. The van der Waals surface area contributed by atoms with Crippen molar-refractivity contribution in [3.05, 3.63) is 35.9 Å². The number of phenolic OH excluding ortho intramolecular Hbond substituents is 1. The van der Waals surface area contributed by atoms with Gasteiger partial charge >= 0.3 is 0 Å². The van der Waals surface area contributed by atoms with Gasteiger partial charge in [-0.15, -0.1) is 10.2 Å². The zero-order valence-electron chi connectivity index (χ0n) is 15.0. The Morgan fingerprint density at radius 1 is 1.12 bits per heavy atom. The number of aromatic nitrogens is 2. The molecule has 132 valence electrons. The number of phenols is 1. The van der Waals surface area contributed by atoms with E-state index in [9.17, 15) is 5.11 Å². The smallest absolute Gasteiger partial charge is 0.151 e. The van der Waals surface area contributed by atoms with Crippen molar-refractivity contribution in [1.82, 2.24) is 15.1 Å². The van der Waals surface area contributed by atoms with Crippen molar-refractivity contribution in [2.24, 2.45) is 5.92 Å². The molecule has 5 nitrogen and oxygen atoms in total. The van der Waals surface area contributed by atoms with Gasteiger partial charge in [0.25, 0.3) is 0 Å². The van der Waals surface area contributed by atoms with Crippen LogP contribution in [0.15, 0.2) is 30.3 Å². The lowest BCUT2D eigenvalue weighted by molar-refractivity contribution is 0.182. The third-order valence-electron chi connectivity index (χ3n) is 5.85. The van der Waals surface area contributed by atoms with E-state index < -0.39 is 0 Å². The van der Waals surface area contributed by atoms with E-state index in [1.54, 1.807) is 6.07 Å². The van der Waals surface area contributed by atoms with Gasteiger partial charge in [-0.3, -0.25) is 0 Å². The largest absolute Gasteiger partial charge is 0.507 e. The molecule has 3 heterocycles. The summed E-state index contributed by atoms with van der Waals surface area (Å²) in [5.41, 5.74) is 2.51. The SMILES string of the molecule is CCN1CC[C@H]2CCN(c3ccc(-c4c(C)cccc4O)nn3)[C@H]2C1. The van der Waals surface area contributed by atoms with E-state index in [0.717, 1.165) is 48.2 Å². The fourth-order valence-electron chi connectivity index (χ4n) is 4.38. The molecule has 0 unspecified atom stereocenters. The minimum absolute atomic E-state index is 0.258. The molecule has 1 N–H and O–H groups in total. The van der Waals surface area contributed by atoms with E-state index in [0.29, 0.717) is 6.04 Å². The van der Waals surface area contributed by atoms with Gasteiger partial charge in [-0.1, -0.05) is 19.1 Å². The summed E-state index contributed by atoms with van der Waals surface area (Å²) in [7, 11) is 0. The number of aromatic hydroxyl groups is 1. The first kappa shape index (κ1) is 16.3. The molecule has 5 heteroatoms. The Morgan fingerprint density at radius 2 is 1.96 bits per heavy atom. The second-order valence-corrected chi connectivity index (χ2v) is 7.24. The Labute approximate surface area is 149 Å². The van der Waals surface area contributed by atoms with Crippen LogP contribution >= 0.6 is 0 Å². The summed E-state index contributed by atoms with van der Waals surface area (Å²) < 4.78 is 0. The monoisotopic (exact) mass is 338 g/mol. The van der Waals surface area contributed by atoms with E-state index >= 15 is 0 Å². The van der Waals surface area contributed by atoms with Gasteiger partial charge in [-0.25, -0.2) is 0 Å². The van der Waals surface area contributed by atoms with Gasteiger partial charge in [0.05, 0.1) is 5.69 Å². The van der Waals surface area contributed by atoms with Crippen molar-refractivity contribution in [3.63, 3.8) is 0 Å². The van der Waals surface area contributed by atoms with Crippen LogP contribution in [0.3, 0.4) is 0 Å². The van der Waals surface area contributed by atoms with Crippen molar-refractivity contribution in [3.8, 4) is 17.0 Å². The van der Waals surface area contributed by atoms with Crippen LogP contribution in [0.1, 0.15) is 25.3 Å². The number of piperidine rings is 1. The summed E-state index contributed by atoms with van der Waals surface area (Å²) in [4.78, 5) is 4.97. The lowest BCUT2D eigenvalue weighted by Crippen LogP contribution is -2.48. The molecule has 2 fully saturated rings. The molecule has 1 aromatic heterocycles. The molecular weight excluding hydrogens is 312 g/mol. The normalized spacial score (nSPS) is 23.7. The van der Waals surface area contributed by atoms with Gasteiger partial charge < -0.3 is 14.9 Å². The highest BCUT2D eigenvalue weighted by Gasteiger charge is 2.38. The standard InChI is InChI=1S/C20H26N4O/c1-3-23-11-9-15-10-12-24(17(15)13-23)19-8-7-16(21-22-19)20-14(2)5-4-6-18(20)25/h4-8,15,17,25H,3,9-13H2,1-2H3/t15-,17-/m0/s1. The zero-order chi connectivity index (χ0) is 17.4. The minimum Gasteiger partial charge on any atom is -0.507 e. The second kappa shape index (κ2) is 6.64. The fourth-order valence-corrected chi connectivity index (χ4v) is 4.38. The van der Waals surface area contributed by atoms with Crippen LogP contribution in [0, 0.1) is 12.8 Å². The van der Waals surface area contributed by atoms with Crippen molar-refractivity contribution >= 4 is 5.82 Å². The average Bonchev–Trinajstić information content (AvgIpc) is 3.05. The molecule has 2 atom stereocenters. The quantitative estimate of drug-likeness (QED) is 0.932. The highest BCUT2D eigenvalue weighted by atomic mass is 16.3. The number of aryl methyl sites for hydroxylation is 1. The van der Waals surface area contributed by atoms with Crippen LogP contribution in [0.25, 0.3) is 11.3 Å². The lowest BCUT2D eigenvalue weighted by Gasteiger charge is -2.38. The molecule has 25 heavy (non-hydrogen) atoms. The van der Waals surface area contributed by atoms with Crippen LogP contribution in [0.2, 0.25) is 0 Å². The van der Waals surface area contributed by atoms with Crippen LogP contribution in [-0.2, 0) is 0 Å². The second-order valence-electron chi connectivity index (χ2n) is 7.24. The first-order valence-corrected chi connectivity index (χ1v) is 9.29. The Bertz CT molecular complexity index is 726. The Kier molecular flexibility index (Phi) is 4.34. The first-order valence-electron chi connectivity index (χ1n) is 9.29. The first-order chi connectivity index (χ1) is 12.2. The van der Waals surface area contributed by atoms with Gasteiger partial charge in [0.15, 0.2) is 5.82 Å². The van der Waals surface area contributed by atoms with Gasteiger partial charge in [0, 0.05) is 24.7 Å². The van der Waals surface area contributed by atoms with Crippen molar-refractivity contribution in [1.29, 1.82) is 0 Å². The molecule has 0 spiro atoms. The minimum atomic E-state index is 0.258. The Balaban J connectivity index is 1.58. The molecule has 2 aliphatic rings. The maximum absolute atomic E-state index is 10.2. The molecule has 0 amide bonds. The molecule has 0 aliphatic carbocycles. The summed E-state index contributed by atoms with van der Waals surface area (Å²) in [6, 6.07) is 10.1. The van der Waals surface area contributed by atoms with E-state index in [1.807, 2.05) is 25.1 Å². The predicted octanol–water partition coefficient (Wildman–Crippen LogP) is 3.08. The van der Waals surface area contributed by atoms with Gasteiger partial charge in [-0.2, -0.15) is 0 Å². The van der Waals surface area contributed by atoms with Crippen LogP contribution in [0.4, 0.5) is 5.82 Å². The summed E-state index contributed by atoms with van der Waals surface area (Å²) in [6.45, 7) is 8.76. The van der Waals surface area contributed by atoms with Gasteiger partial charge in [0.2, 0.25) is 0 Å². The molecule has 0 saturated carbocycles. The molecule has 1 aromatic carbocycles. The average molecular weight is 338 g/mol. The molecule has 2 aromatic rings. The van der Waals surface area contributed by atoms with E-state index in [2.05, 4.69) is 33.0 Å². The zero-order valence-corrected chi connectivity index (χ0v) is 15.0. The fraction of sp³-hybridized carbons (Fsp3) is 0.500. The van der Waals surface area contributed by atoms with E-state index in [1.165, 1.54) is 19.4 Å². The van der Waals surface area contributed by atoms with Crippen LogP contribution in [-0.4, -0.2) is 52.4 Å². The van der Waals surface area contributed by atoms with Crippen molar-refractivity contribution in [2.45, 2.75) is 32.7 Å². The van der Waals surface area contributed by atoms with Crippen molar-refractivity contribution in [2.75, 3.05) is 31.1 Å². The topological polar surface area (TPSA) is 52.5 Å². The summed E-state index contributed by atoms with van der Waals surface area (Å²) in [5.74, 6) is 2.00. The number of fused-ring (bicyclic) bond motifs is 1. The Hall–Kier alpha value is -2.14. The molecule has 0 radical (unpaired) electrons. The third-order valence-corrected chi connectivity index (χ3v) is 5.85. The van der Waals surface area contributed by atoms with Crippen LogP contribution in [0.5, 0.6) is 5.75 Å². The number of hydrogen-bond acceptors (Lipinski definition) is 5. The molecule has 0 bridgehead atoms. The highest BCUT2D eigenvalue weighted by molar-refractivity contribution is 5.70. The summed E-state index contributed by atoms with van der Waals surface area (Å²) in [6.07, 6.45) is 2.54. The van der Waals surface area contributed by atoms with Gasteiger partial charge in [-0.05, 0) is 62.5 Å². The van der Waals surface area contributed by atoms with E-state index in [-0.39, 0.29) is 5.75 Å². The maximum atomic E-state index is 10.2. The summed E-state index contributed by atoms with van der Waals surface area (Å²) in [5, 5.41) is 19.1. The molecule has 2 aliphatic heterocycles. The predicted molar refractivity (Wildman–Crippen MR) is 99.8 cm³/mol. The number of benzene rings is 1.